The van der Waals surface area contributed by atoms with E-state index in [0.717, 1.165) is 28.5 Å². The molecular formula is C32H26F3N3O4. The second-order valence-electron chi connectivity index (χ2n) is 9.57. The average Bonchev–Trinajstić information content (AvgIpc) is 3.45. The van der Waals surface area contributed by atoms with Gasteiger partial charge >= 0.3 is 18.1 Å². The average molecular weight is 574 g/mol. The first-order valence-electron chi connectivity index (χ1n) is 13.2. The fraction of sp³-hybridized carbons (Fsp3) is 0.188. The number of esters is 1. The topological polar surface area (TPSA) is 85.5 Å². The number of aromatic nitrogens is 2. The Bertz CT molecular complexity index is 1700. The van der Waals surface area contributed by atoms with Gasteiger partial charge in [0.1, 0.15) is 0 Å². The summed E-state index contributed by atoms with van der Waals surface area (Å²) in [6.45, 7) is 1.49. The van der Waals surface area contributed by atoms with Gasteiger partial charge in [0.2, 0.25) is 0 Å². The first-order valence-corrected chi connectivity index (χ1v) is 13.2. The highest BCUT2D eigenvalue weighted by Gasteiger charge is 2.30. The van der Waals surface area contributed by atoms with Crippen LogP contribution in [0, 0.1) is 0 Å². The predicted octanol–water partition coefficient (Wildman–Crippen LogP) is 6.59. The maximum Gasteiger partial charge on any atom is 0.416 e. The molecule has 7 nitrogen and oxygen atoms in total. The Morgan fingerprint density at radius 2 is 1.52 bits per heavy atom. The van der Waals surface area contributed by atoms with E-state index in [4.69, 9.17) is 9.26 Å². The smallest absolute Gasteiger partial charge is 0.416 e. The molecule has 42 heavy (non-hydrogen) atoms. The summed E-state index contributed by atoms with van der Waals surface area (Å²) in [5, 5.41) is 5.71. The van der Waals surface area contributed by atoms with Gasteiger partial charge < -0.3 is 14.2 Å². The Balaban J connectivity index is 1.45. The van der Waals surface area contributed by atoms with Crippen LogP contribution in [0.15, 0.2) is 95.5 Å². The zero-order valence-corrected chi connectivity index (χ0v) is 22.6. The molecule has 10 heteroatoms. The van der Waals surface area contributed by atoms with Gasteiger partial charge in [0.15, 0.2) is 5.82 Å². The first kappa shape index (κ1) is 28.5. The normalized spacial score (nSPS) is 11.4. The van der Waals surface area contributed by atoms with Gasteiger partial charge in [-0.2, -0.15) is 18.2 Å². The second-order valence-corrected chi connectivity index (χ2v) is 9.57. The van der Waals surface area contributed by atoms with Gasteiger partial charge in [0.25, 0.3) is 5.89 Å². The van der Waals surface area contributed by atoms with Crippen molar-refractivity contribution in [3.8, 4) is 11.5 Å². The Morgan fingerprint density at radius 3 is 2.21 bits per heavy atom. The number of halogens is 3. The molecule has 0 aliphatic rings. The number of alkyl halides is 3. The van der Waals surface area contributed by atoms with E-state index in [2.05, 4.69) is 10.1 Å². The van der Waals surface area contributed by atoms with E-state index in [1.807, 2.05) is 60.7 Å². The SMILES string of the molecule is CCOC(=O)C(=O)N(Cc1ccc(C(F)(F)F)cc1)Cc1ccc(-c2nc(Cc3ccccc3)no2)c2ccccc12. The molecule has 0 saturated carbocycles. The second kappa shape index (κ2) is 12.3. The molecule has 0 aliphatic carbocycles. The minimum atomic E-state index is -4.49. The number of benzene rings is 4. The zero-order chi connectivity index (χ0) is 29.7. The number of nitrogens with zero attached hydrogens (tertiary/aromatic N) is 3. The van der Waals surface area contributed by atoms with Crippen molar-refractivity contribution < 1.29 is 32.0 Å². The number of ether oxygens (including phenoxy) is 1. The van der Waals surface area contributed by atoms with Crippen LogP contribution in [-0.4, -0.2) is 33.5 Å². The summed E-state index contributed by atoms with van der Waals surface area (Å²) in [5.74, 6) is -1.06. The van der Waals surface area contributed by atoms with Crippen LogP contribution in [0.4, 0.5) is 13.2 Å². The lowest BCUT2D eigenvalue weighted by Crippen LogP contribution is -2.36. The van der Waals surface area contributed by atoms with Crippen molar-refractivity contribution in [3.63, 3.8) is 0 Å². The Hall–Kier alpha value is -4.99. The third-order valence-corrected chi connectivity index (χ3v) is 6.67. The zero-order valence-electron chi connectivity index (χ0n) is 22.6. The molecule has 5 aromatic rings. The van der Waals surface area contributed by atoms with Crippen molar-refractivity contribution in [1.82, 2.24) is 15.0 Å². The molecule has 0 aliphatic heterocycles. The largest absolute Gasteiger partial charge is 0.459 e. The van der Waals surface area contributed by atoms with Crippen LogP contribution in [-0.2, 0) is 40.0 Å². The highest BCUT2D eigenvalue weighted by Crippen LogP contribution is 2.32. The lowest BCUT2D eigenvalue weighted by molar-refractivity contribution is -0.160. The van der Waals surface area contributed by atoms with E-state index >= 15 is 0 Å². The molecule has 1 amide bonds. The van der Waals surface area contributed by atoms with Crippen molar-refractivity contribution in [2.24, 2.45) is 0 Å². The fourth-order valence-electron chi connectivity index (χ4n) is 4.65. The Labute approximate surface area is 239 Å². The van der Waals surface area contributed by atoms with Gasteiger partial charge in [-0.15, -0.1) is 0 Å². The van der Waals surface area contributed by atoms with Gasteiger partial charge in [0, 0.05) is 25.1 Å². The first-order chi connectivity index (χ1) is 20.2. The minimum Gasteiger partial charge on any atom is -0.459 e. The van der Waals surface area contributed by atoms with Crippen LogP contribution in [0.25, 0.3) is 22.2 Å². The number of carbonyl (C=O) groups is 2. The maximum absolute atomic E-state index is 13.1. The summed E-state index contributed by atoms with van der Waals surface area (Å²) in [5.41, 5.74) is 2.09. The molecule has 0 spiro atoms. The van der Waals surface area contributed by atoms with Gasteiger partial charge in [0.05, 0.1) is 12.2 Å². The number of hydrogen-bond acceptors (Lipinski definition) is 6. The molecule has 0 fully saturated rings. The standard InChI is InChI=1S/C32H26F3N3O4/c1-2-41-31(40)30(39)38(19-22-12-15-24(16-13-22)32(33,34)35)20-23-14-17-27(26-11-7-6-10-25(23)26)29-36-28(37-42-29)18-21-8-4-3-5-9-21/h3-17H,2,18-20H2,1H3. The summed E-state index contributed by atoms with van der Waals surface area (Å²) in [6, 6.07) is 25.3. The van der Waals surface area contributed by atoms with Crippen LogP contribution in [0.5, 0.6) is 0 Å². The molecule has 214 valence electrons. The van der Waals surface area contributed by atoms with Gasteiger partial charge in [-0.1, -0.05) is 78.0 Å². The predicted molar refractivity (Wildman–Crippen MR) is 149 cm³/mol. The summed E-state index contributed by atoms with van der Waals surface area (Å²) in [6.07, 6.45) is -3.98. The molecule has 4 aromatic carbocycles. The number of amides is 1. The van der Waals surface area contributed by atoms with E-state index in [1.165, 1.54) is 17.0 Å². The van der Waals surface area contributed by atoms with Crippen LogP contribution in [0.3, 0.4) is 0 Å². The summed E-state index contributed by atoms with van der Waals surface area (Å²) >= 11 is 0. The van der Waals surface area contributed by atoms with E-state index in [-0.39, 0.29) is 19.7 Å². The molecule has 0 saturated heterocycles. The van der Waals surface area contributed by atoms with Crippen LogP contribution < -0.4 is 0 Å². The molecule has 1 aromatic heterocycles. The lowest BCUT2D eigenvalue weighted by atomic mass is 9.98. The molecule has 0 atom stereocenters. The monoisotopic (exact) mass is 573 g/mol. The molecule has 1 heterocycles. The van der Waals surface area contributed by atoms with Crippen LogP contribution >= 0.6 is 0 Å². The Morgan fingerprint density at radius 1 is 0.833 bits per heavy atom. The van der Waals surface area contributed by atoms with E-state index < -0.39 is 23.6 Å². The molecule has 0 N–H and O–H groups in total. The molecule has 5 rings (SSSR count). The van der Waals surface area contributed by atoms with Crippen molar-refractivity contribution in [1.29, 1.82) is 0 Å². The summed E-state index contributed by atoms with van der Waals surface area (Å²) in [7, 11) is 0. The highest BCUT2D eigenvalue weighted by molar-refractivity contribution is 6.32. The number of rotatable bonds is 8. The van der Waals surface area contributed by atoms with E-state index in [0.29, 0.717) is 34.8 Å². The third kappa shape index (κ3) is 6.49. The summed E-state index contributed by atoms with van der Waals surface area (Å²) in [4.78, 5) is 31.3. The van der Waals surface area contributed by atoms with Crippen molar-refractivity contribution in [2.75, 3.05) is 6.61 Å². The van der Waals surface area contributed by atoms with Gasteiger partial charge in [-0.3, -0.25) is 4.79 Å². The van der Waals surface area contributed by atoms with E-state index in [9.17, 15) is 22.8 Å². The third-order valence-electron chi connectivity index (χ3n) is 6.67. The van der Waals surface area contributed by atoms with E-state index in [1.54, 1.807) is 13.0 Å². The summed E-state index contributed by atoms with van der Waals surface area (Å²) < 4.78 is 49.7. The van der Waals surface area contributed by atoms with Crippen LogP contribution in [0.2, 0.25) is 0 Å². The Kier molecular flexibility index (Phi) is 8.33. The van der Waals surface area contributed by atoms with Gasteiger partial charge in [-0.25, -0.2) is 4.79 Å². The number of fused-ring (bicyclic) bond motifs is 1. The van der Waals surface area contributed by atoms with Crippen LogP contribution in [0.1, 0.15) is 35.0 Å². The van der Waals surface area contributed by atoms with Gasteiger partial charge in [-0.05, 0) is 52.6 Å². The molecule has 0 radical (unpaired) electrons. The lowest BCUT2D eigenvalue weighted by Gasteiger charge is -2.23. The fourth-order valence-corrected chi connectivity index (χ4v) is 4.65. The molecule has 0 bridgehead atoms. The van der Waals surface area contributed by atoms with Crippen molar-refractivity contribution >= 4 is 22.6 Å². The molecular weight excluding hydrogens is 547 g/mol. The van der Waals surface area contributed by atoms with Crippen molar-refractivity contribution in [2.45, 2.75) is 32.6 Å². The number of carbonyl (C=O) groups excluding carboxylic acids is 2. The molecule has 0 unspecified atom stereocenters. The quantitative estimate of drug-likeness (QED) is 0.154. The highest BCUT2D eigenvalue weighted by atomic mass is 19.4. The maximum atomic E-state index is 13.1. The number of hydrogen-bond donors (Lipinski definition) is 0. The van der Waals surface area contributed by atoms with Crippen molar-refractivity contribution in [3.05, 3.63) is 119 Å². The minimum absolute atomic E-state index is 0.00253.